The Bertz CT molecular complexity index is 1040. The van der Waals surface area contributed by atoms with Gasteiger partial charge in [0, 0.05) is 12.2 Å². The number of imidazole rings is 1. The van der Waals surface area contributed by atoms with E-state index in [-0.39, 0.29) is 18.6 Å². The summed E-state index contributed by atoms with van der Waals surface area (Å²) in [6.45, 7) is 0.157. The number of aryl methyl sites for hydroxylation is 1. The van der Waals surface area contributed by atoms with Crippen LogP contribution in [0.4, 0.5) is 0 Å². The number of ether oxygens (including phenoxy) is 1. The summed E-state index contributed by atoms with van der Waals surface area (Å²) < 4.78 is 5.95. The molecule has 30 heavy (non-hydrogen) atoms. The predicted molar refractivity (Wildman–Crippen MR) is 114 cm³/mol. The summed E-state index contributed by atoms with van der Waals surface area (Å²) in [5.74, 6) is -1.01. The van der Waals surface area contributed by atoms with Gasteiger partial charge in [0.15, 0.2) is 5.65 Å². The van der Waals surface area contributed by atoms with Gasteiger partial charge in [-0.2, -0.15) is 4.98 Å². The van der Waals surface area contributed by atoms with Crippen molar-refractivity contribution < 1.29 is 19.7 Å². The lowest BCUT2D eigenvalue weighted by Crippen LogP contribution is -2.28. The molecule has 1 fully saturated rings. The van der Waals surface area contributed by atoms with Crippen molar-refractivity contribution in [2.24, 2.45) is 5.92 Å². The molecule has 1 aliphatic carbocycles. The van der Waals surface area contributed by atoms with Crippen molar-refractivity contribution in [2.45, 2.75) is 44.6 Å². The highest BCUT2D eigenvalue weighted by Crippen LogP contribution is 2.31. The third-order valence-corrected chi connectivity index (χ3v) is 5.82. The van der Waals surface area contributed by atoms with E-state index in [0.717, 1.165) is 17.5 Å². The number of carboxylic acids is 1. The number of hydrogen-bond donors (Lipinski definition) is 3. The van der Waals surface area contributed by atoms with E-state index in [4.69, 9.17) is 26.6 Å². The Morgan fingerprint density at radius 3 is 2.73 bits per heavy atom. The quantitative estimate of drug-likeness (QED) is 0.518. The van der Waals surface area contributed by atoms with Gasteiger partial charge in [0.1, 0.15) is 11.6 Å². The smallest absolute Gasteiger partial charge is 0.306 e. The monoisotopic (exact) mass is 429 g/mol. The van der Waals surface area contributed by atoms with Gasteiger partial charge in [0.25, 0.3) is 6.01 Å². The standard InChI is InChI=1S/C22H24ClN3O4/c23-17-12-18-20(25-19(17)15-5-1-3-13(11-15)4-2-10-27)26-22(24-18)30-16-8-6-14(7-9-16)21(28)29/h1,3,5,11-12,14,16,27H,2,4,6-10H2,(H,28,29)(H,24,25,26)/t14-,16-. The van der Waals surface area contributed by atoms with Gasteiger partial charge in [0.2, 0.25) is 0 Å². The minimum absolute atomic E-state index is 0.0562. The number of carboxylic acid groups (broad SMARTS) is 1. The molecular weight excluding hydrogens is 406 g/mol. The number of fused-ring (bicyclic) bond motifs is 1. The Hall–Kier alpha value is -2.64. The molecule has 0 saturated heterocycles. The maximum Gasteiger partial charge on any atom is 0.306 e. The van der Waals surface area contributed by atoms with E-state index in [9.17, 15) is 4.79 Å². The average Bonchev–Trinajstić information content (AvgIpc) is 3.13. The van der Waals surface area contributed by atoms with Crippen molar-refractivity contribution in [3.63, 3.8) is 0 Å². The Morgan fingerprint density at radius 1 is 1.20 bits per heavy atom. The van der Waals surface area contributed by atoms with Crippen LogP contribution in [0, 0.1) is 5.92 Å². The molecular formula is C22H24ClN3O4. The summed E-state index contributed by atoms with van der Waals surface area (Å²) in [5, 5.41) is 18.7. The van der Waals surface area contributed by atoms with Crippen LogP contribution in [0.3, 0.4) is 0 Å². The molecule has 1 aromatic carbocycles. The second kappa shape index (κ2) is 9.02. The van der Waals surface area contributed by atoms with Crippen molar-refractivity contribution in [1.82, 2.24) is 15.0 Å². The number of aromatic amines is 1. The van der Waals surface area contributed by atoms with Gasteiger partial charge in [-0.05, 0) is 56.2 Å². The number of aromatic nitrogens is 3. The second-order valence-electron chi connectivity index (χ2n) is 7.69. The lowest BCUT2D eigenvalue weighted by molar-refractivity contribution is -0.143. The number of nitrogens with zero attached hydrogens (tertiary/aromatic N) is 2. The van der Waals surface area contributed by atoms with Crippen molar-refractivity contribution >= 4 is 28.7 Å². The highest BCUT2D eigenvalue weighted by atomic mass is 35.5. The summed E-state index contributed by atoms with van der Waals surface area (Å²) in [5.41, 5.74) is 3.89. The van der Waals surface area contributed by atoms with E-state index in [1.807, 2.05) is 24.3 Å². The summed E-state index contributed by atoms with van der Waals surface area (Å²) in [6.07, 6.45) is 4.04. The first kappa shape index (κ1) is 20.6. The van der Waals surface area contributed by atoms with Crippen LogP contribution in [0.25, 0.3) is 22.4 Å². The number of carbonyl (C=O) groups is 1. The summed E-state index contributed by atoms with van der Waals surface area (Å²) >= 11 is 6.49. The Labute approximate surface area is 179 Å². The number of aliphatic carboxylic acids is 1. The number of halogens is 1. The van der Waals surface area contributed by atoms with Gasteiger partial charge in [-0.15, -0.1) is 0 Å². The summed E-state index contributed by atoms with van der Waals surface area (Å²) in [4.78, 5) is 23.3. The Balaban J connectivity index is 1.53. The molecule has 2 heterocycles. The average molecular weight is 430 g/mol. The Morgan fingerprint density at radius 2 is 2.00 bits per heavy atom. The number of aliphatic hydroxyl groups is 1. The number of pyridine rings is 1. The van der Waals surface area contributed by atoms with E-state index in [2.05, 4.69) is 15.0 Å². The molecule has 1 aliphatic rings. The zero-order chi connectivity index (χ0) is 21.1. The summed E-state index contributed by atoms with van der Waals surface area (Å²) in [6, 6.07) is 10.1. The molecule has 4 rings (SSSR count). The lowest BCUT2D eigenvalue weighted by atomic mass is 9.87. The fourth-order valence-electron chi connectivity index (χ4n) is 3.90. The van der Waals surface area contributed by atoms with Crippen LogP contribution in [0.2, 0.25) is 5.02 Å². The zero-order valence-electron chi connectivity index (χ0n) is 16.5. The van der Waals surface area contributed by atoms with Gasteiger partial charge in [-0.25, -0.2) is 4.98 Å². The first-order chi connectivity index (χ1) is 14.5. The first-order valence-corrected chi connectivity index (χ1v) is 10.6. The van der Waals surface area contributed by atoms with Gasteiger partial charge in [-0.1, -0.05) is 29.8 Å². The molecule has 3 N–H and O–H groups in total. The van der Waals surface area contributed by atoms with Crippen molar-refractivity contribution in [2.75, 3.05) is 6.61 Å². The Kier molecular flexibility index (Phi) is 6.20. The maximum absolute atomic E-state index is 11.1. The molecule has 0 aliphatic heterocycles. The fourth-order valence-corrected chi connectivity index (χ4v) is 4.15. The van der Waals surface area contributed by atoms with Crippen LogP contribution in [-0.4, -0.2) is 43.8 Å². The maximum atomic E-state index is 11.1. The molecule has 0 spiro atoms. The van der Waals surface area contributed by atoms with Crippen LogP contribution >= 0.6 is 11.6 Å². The molecule has 0 radical (unpaired) electrons. The van der Waals surface area contributed by atoms with Gasteiger partial charge < -0.3 is 14.9 Å². The molecule has 0 amide bonds. The van der Waals surface area contributed by atoms with Gasteiger partial charge >= 0.3 is 5.97 Å². The number of rotatable bonds is 7. The number of benzene rings is 1. The molecule has 8 heteroatoms. The van der Waals surface area contributed by atoms with Gasteiger partial charge in [0.05, 0.1) is 16.6 Å². The van der Waals surface area contributed by atoms with Crippen LogP contribution < -0.4 is 4.74 Å². The van der Waals surface area contributed by atoms with Crippen LogP contribution in [0.1, 0.15) is 37.7 Å². The molecule has 7 nitrogen and oxygen atoms in total. The zero-order valence-corrected chi connectivity index (χ0v) is 17.2. The molecule has 0 atom stereocenters. The molecule has 0 bridgehead atoms. The molecule has 0 unspecified atom stereocenters. The normalized spacial score (nSPS) is 19.1. The van der Waals surface area contributed by atoms with Gasteiger partial charge in [-0.3, -0.25) is 9.78 Å². The topological polar surface area (TPSA) is 108 Å². The number of nitrogens with one attached hydrogen (secondary N) is 1. The SMILES string of the molecule is O=C(O)[C@H]1CC[C@H](Oc2nc3cc(Cl)c(-c4cccc(CCCO)c4)nc3[nH]2)CC1. The van der Waals surface area contributed by atoms with Crippen LogP contribution in [-0.2, 0) is 11.2 Å². The van der Waals surface area contributed by atoms with Crippen LogP contribution in [0.5, 0.6) is 6.01 Å². The number of hydrogen-bond acceptors (Lipinski definition) is 5. The number of aliphatic hydroxyl groups excluding tert-OH is 1. The molecule has 2 aromatic heterocycles. The highest BCUT2D eigenvalue weighted by Gasteiger charge is 2.27. The van der Waals surface area contributed by atoms with E-state index in [0.29, 0.717) is 60.0 Å². The van der Waals surface area contributed by atoms with E-state index >= 15 is 0 Å². The van der Waals surface area contributed by atoms with E-state index in [1.165, 1.54) is 0 Å². The highest BCUT2D eigenvalue weighted by molar-refractivity contribution is 6.33. The predicted octanol–water partition coefficient (Wildman–Crippen LogP) is 4.23. The summed E-state index contributed by atoms with van der Waals surface area (Å²) in [7, 11) is 0. The second-order valence-corrected chi connectivity index (χ2v) is 8.09. The number of H-pyrrole nitrogens is 1. The van der Waals surface area contributed by atoms with E-state index in [1.54, 1.807) is 6.07 Å². The molecule has 3 aromatic rings. The first-order valence-electron chi connectivity index (χ1n) is 10.2. The van der Waals surface area contributed by atoms with Crippen molar-refractivity contribution in [1.29, 1.82) is 0 Å². The lowest BCUT2D eigenvalue weighted by Gasteiger charge is -2.25. The molecule has 158 valence electrons. The minimum atomic E-state index is -0.732. The molecule has 1 saturated carbocycles. The third-order valence-electron chi connectivity index (χ3n) is 5.53. The third kappa shape index (κ3) is 4.57. The largest absolute Gasteiger partial charge is 0.481 e. The van der Waals surface area contributed by atoms with E-state index < -0.39 is 5.97 Å². The van der Waals surface area contributed by atoms with Crippen LogP contribution in [0.15, 0.2) is 30.3 Å². The van der Waals surface area contributed by atoms with Crippen molar-refractivity contribution in [3.05, 3.63) is 40.9 Å². The fraction of sp³-hybridized carbons (Fsp3) is 0.409. The van der Waals surface area contributed by atoms with Crippen molar-refractivity contribution in [3.8, 4) is 17.3 Å². The minimum Gasteiger partial charge on any atom is -0.481 e.